The lowest BCUT2D eigenvalue weighted by molar-refractivity contribution is -0.0559. The fraction of sp³-hybridized carbons (Fsp3) is 0.625. The maximum absolute atomic E-state index is 6.25. The number of fused-ring (bicyclic) bond motifs is 3. The summed E-state index contributed by atoms with van der Waals surface area (Å²) >= 11 is 0. The third-order valence-corrected chi connectivity index (χ3v) is 5.06. The smallest absolute Gasteiger partial charge is 0.119 e. The van der Waals surface area contributed by atoms with E-state index in [0.29, 0.717) is 6.04 Å². The molecule has 0 aromatic heterocycles. The molecule has 0 radical (unpaired) electrons. The van der Waals surface area contributed by atoms with Gasteiger partial charge < -0.3 is 14.8 Å². The van der Waals surface area contributed by atoms with Crippen LogP contribution in [0.4, 0.5) is 0 Å². The van der Waals surface area contributed by atoms with Crippen LogP contribution in [0.15, 0.2) is 18.2 Å². The Bertz CT molecular complexity index is 494. The summed E-state index contributed by atoms with van der Waals surface area (Å²) in [5, 5.41) is 3.91. The number of rotatable bonds is 1. The summed E-state index contributed by atoms with van der Waals surface area (Å²) in [5.41, 5.74) is 3.01. The highest BCUT2D eigenvalue weighted by molar-refractivity contribution is 5.42. The van der Waals surface area contributed by atoms with Crippen molar-refractivity contribution in [2.75, 3.05) is 13.7 Å². The van der Waals surface area contributed by atoms with Gasteiger partial charge in [0.1, 0.15) is 5.75 Å². The summed E-state index contributed by atoms with van der Waals surface area (Å²) in [6.45, 7) is 0.866. The molecule has 4 rings (SSSR count). The molecule has 19 heavy (non-hydrogen) atoms. The molecule has 102 valence electrons. The van der Waals surface area contributed by atoms with Gasteiger partial charge in [-0.05, 0) is 42.5 Å². The van der Waals surface area contributed by atoms with Crippen molar-refractivity contribution in [2.24, 2.45) is 0 Å². The van der Waals surface area contributed by atoms with Gasteiger partial charge in [-0.3, -0.25) is 0 Å². The van der Waals surface area contributed by atoms with E-state index in [2.05, 4.69) is 23.5 Å². The van der Waals surface area contributed by atoms with E-state index in [1.54, 1.807) is 7.11 Å². The molecular weight excluding hydrogens is 238 g/mol. The van der Waals surface area contributed by atoms with Crippen LogP contribution < -0.4 is 10.1 Å². The van der Waals surface area contributed by atoms with Gasteiger partial charge in [0.25, 0.3) is 0 Å². The number of hydrogen-bond donors (Lipinski definition) is 1. The highest BCUT2D eigenvalue weighted by Crippen LogP contribution is 2.43. The topological polar surface area (TPSA) is 30.5 Å². The zero-order chi connectivity index (χ0) is 12.9. The minimum Gasteiger partial charge on any atom is -0.497 e. The van der Waals surface area contributed by atoms with Gasteiger partial charge in [-0.2, -0.15) is 0 Å². The molecule has 2 aliphatic carbocycles. The van der Waals surface area contributed by atoms with Crippen LogP contribution in [0.1, 0.15) is 42.9 Å². The molecule has 3 nitrogen and oxygen atoms in total. The Morgan fingerprint density at radius 1 is 1.32 bits per heavy atom. The van der Waals surface area contributed by atoms with Crippen molar-refractivity contribution in [3.8, 4) is 5.75 Å². The van der Waals surface area contributed by atoms with E-state index in [1.807, 2.05) is 0 Å². The van der Waals surface area contributed by atoms with Crippen molar-refractivity contribution in [1.82, 2.24) is 5.32 Å². The second kappa shape index (κ2) is 4.22. The molecule has 0 amide bonds. The van der Waals surface area contributed by atoms with Crippen molar-refractivity contribution in [1.29, 1.82) is 0 Å². The van der Waals surface area contributed by atoms with Crippen LogP contribution in [0.3, 0.4) is 0 Å². The van der Waals surface area contributed by atoms with E-state index in [0.717, 1.165) is 18.8 Å². The Morgan fingerprint density at radius 3 is 2.95 bits per heavy atom. The van der Waals surface area contributed by atoms with Crippen LogP contribution in [0.2, 0.25) is 0 Å². The molecule has 1 aromatic carbocycles. The standard InChI is InChI=1S/C16H21NO2/c1-18-12-5-4-11-8-14-15(13(11)9-12)19-10-16(17-14)6-2-3-7-16/h4-5,9,14-15,17H,2-3,6-8,10H2,1H3. The first-order valence-corrected chi connectivity index (χ1v) is 7.36. The Balaban J connectivity index is 1.61. The Labute approximate surface area is 114 Å². The lowest BCUT2D eigenvalue weighted by atomic mass is 9.93. The summed E-state index contributed by atoms with van der Waals surface area (Å²) in [7, 11) is 1.72. The predicted molar refractivity (Wildman–Crippen MR) is 73.5 cm³/mol. The summed E-state index contributed by atoms with van der Waals surface area (Å²) in [6.07, 6.45) is 6.54. The second-order valence-electron chi connectivity index (χ2n) is 6.24. The Hall–Kier alpha value is -1.06. The van der Waals surface area contributed by atoms with Crippen molar-refractivity contribution >= 4 is 0 Å². The molecule has 1 N–H and O–H groups in total. The average molecular weight is 259 g/mol. The highest BCUT2D eigenvalue weighted by atomic mass is 16.5. The Morgan fingerprint density at radius 2 is 2.16 bits per heavy atom. The van der Waals surface area contributed by atoms with Gasteiger partial charge in [0.05, 0.1) is 19.8 Å². The summed E-state index contributed by atoms with van der Waals surface area (Å²) < 4.78 is 11.6. The SMILES string of the molecule is COc1ccc2c(c1)C1OCC3(CCCC3)NC1C2. The first kappa shape index (κ1) is 11.7. The molecular formula is C16H21NO2. The predicted octanol–water partition coefficient (Wildman–Crippen LogP) is 2.59. The molecule has 1 aliphatic heterocycles. The molecule has 3 heteroatoms. The quantitative estimate of drug-likeness (QED) is 0.841. The fourth-order valence-electron chi connectivity index (χ4n) is 4.07. The van der Waals surface area contributed by atoms with Gasteiger partial charge in [0.15, 0.2) is 0 Å². The zero-order valence-corrected chi connectivity index (χ0v) is 11.4. The first-order chi connectivity index (χ1) is 9.30. The van der Waals surface area contributed by atoms with E-state index < -0.39 is 0 Å². The molecule has 1 saturated carbocycles. The van der Waals surface area contributed by atoms with E-state index in [9.17, 15) is 0 Å². The number of morpholine rings is 1. The van der Waals surface area contributed by atoms with Gasteiger partial charge in [-0.1, -0.05) is 18.9 Å². The molecule has 0 bridgehead atoms. The maximum Gasteiger partial charge on any atom is 0.119 e. The molecule has 1 heterocycles. The molecule has 1 saturated heterocycles. The Kier molecular flexibility index (Phi) is 2.61. The summed E-state index contributed by atoms with van der Waals surface area (Å²) in [4.78, 5) is 0. The minimum atomic E-state index is 0.219. The van der Waals surface area contributed by atoms with Crippen molar-refractivity contribution < 1.29 is 9.47 Å². The van der Waals surface area contributed by atoms with Gasteiger partial charge in [0.2, 0.25) is 0 Å². The van der Waals surface area contributed by atoms with Crippen molar-refractivity contribution in [3.05, 3.63) is 29.3 Å². The fourth-order valence-corrected chi connectivity index (χ4v) is 4.07. The normalized spacial score (nSPS) is 31.2. The summed E-state index contributed by atoms with van der Waals surface area (Å²) in [6, 6.07) is 6.85. The lowest BCUT2D eigenvalue weighted by Crippen LogP contribution is -2.57. The van der Waals surface area contributed by atoms with E-state index in [1.165, 1.54) is 36.8 Å². The second-order valence-corrected chi connectivity index (χ2v) is 6.24. The largest absolute Gasteiger partial charge is 0.497 e. The third kappa shape index (κ3) is 1.79. The molecule has 1 aromatic rings. The number of nitrogens with one attached hydrogen (secondary N) is 1. The molecule has 1 spiro atoms. The van der Waals surface area contributed by atoms with Crippen LogP contribution in [0.25, 0.3) is 0 Å². The third-order valence-electron chi connectivity index (χ3n) is 5.06. The number of benzene rings is 1. The highest BCUT2D eigenvalue weighted by Gasteiger charge is 2.46. The average Bonchev–Trinajstić information content (AvgIpc) is 3.02. The lowest BCUT2D eigenvalue weighted by Gasteiger charge is -2.41. The number of ether oxygens (including phenoxy) is 2. The van der Waals surface area contributed by atoms with Crippen LogP contribution in [-0.4, -0.2) is 25.3 Å². The minimum absolute atomic E-state index is 0.219. The van der Waals surface area contributed by atoms with Crippen molar-refractivity contribution in [3.63, 3.8) is 0 Å². The number of methoxy groups -OCH3 is 1. The number of hydrogen-bond acceptors (Lipinski definition) is 3. The molecule has 3 aliphatic rings. The van der Waals surface area contributed by atoms with Crippen molar-refractivity contribution in [2.45, 2.75) is 49.8 Å². The van der Waals surface area contributed by atoms with Gasteiger partial charge in [-0.15, -0.1) is 0 Å². The monoisotopic (exact) mass is 259 g/mol. The summed E-state index contributed by atoms with van der Waals surface area (Å²) in [5.74, 6) is 0.934. The van der Waals surface area contributed by atoms with Gasteiger partial charge >= 0.3 is 0 Å². The molecule has 2 fully saturated rings. The first-order valence-electron chi connectivity index (χ1n) is 7.36. The zero-order valence-electron chi connectivity index (χ0n) is 11.4. The maximum atomic E-state index is 6.25. The van der Waals surface area contributed by atoms with E-state index >= 15 is 0 Å². The van der Waals surface area contributed by atoms with E-state index in [-0.39, 0.29) is 11.6 Å². The van der Waals surface area contributed by atoms with Gasteiger partial charge in [0, 0.05) is 11.6 Å². The van der Waals surface area contributed by atoms with Crippen LogP contribution in [-0.2, 0) is 11.2 Å². The van der Waals surface area contributed by atoms with Crippen LogP contribution in [0.5, 0.6) is 5.75 Å². The molecule has 2 atom stereocenters. The van der Waals surface area contributed by atoms with Crippen LogP contribution >= 0.6 is 0 Å². The van der Waals surface area contributed by atoms with Gasteiger partial charge in [-0.25, -0.2) is 0 Å². The van der Waals surface area contributed by atoms with Crippen LogP contribution in [0, 0.1) is 0 Å². The molecule has 2 unspecified atom stereocenters. The van der Waals surface area contributed by atoms with E-state index in [4.69, 9.17) is 9.47 Å².